The minimum Gasteiger partial charge on any atom is -0.463 e. The van der Waals surface area contributed by atoms with Gasteiger partial charge in [-0.15, -0.1) is 0 Å². The number of esters is 1. The van der Waals surface area contributed by atoms with E-state index in [4.69, 9.17) is 14.2 Å². The number of benzene rings is 1. The summed E-state index contributed by atoms with van der Waals surface area (Å²) in [5.41, 5.74) is 1.11. The van der Waals surface area contributed by atoms with Gasteiger partial charge in [-0.1, -0.05) is 6.07 Å². The van der Waals surface area contributed by atoms with Gasteiger partial charge in [-0.2, -0.15) is 0 Å². The molecule has 25 heavy (non-hydrogen) atoms. The number of amides is 3. The van der Waals surface area contributed by atoms with Crippen molar-refractivity contribution in [2.75, 3.05) is 13.4 Å². The highest BCUT2D eigenvalue weighted by Crippen LogP contribution is 2.40. The van der Waals surface area contributed by atoms with Crippen LogP contribution in [-0.4, -0.2) is 36.2 Å². The molecule has 2 aliphatic heterocycles. The molecule has 2 aliphatic rings. The molecule has 0 bridgehead atoms. The molecule has 1 unspecified atom stereocenters. The minimum absolute atomic E-state index is 0.0972. The number of carbonyl (C=O) groups excluding carboxylic acids is 3. The average molecular weight is 346 g/mol. The third-order valence-electron chi connectivity index (χ3n) is 4.00. The monoisotopic (exact) mass is 346 g/mol. The topological polar surface area (TPSA) is 94.2 Å². The van der Waals surface area contributed by atoms with Gasteiger partial charge in [0.2, 0.25) is 12.7 Å². The van der Waals surface area contributed by atoms with Gasteiger partial charge >= 0.3 is 12.0 Å². The van der Waals surface area contributed by atoms with E-state index >= 15 is 0 Å². The van der Waals surface area contributed by atoms with Gasteiger partial charge in [0.1, 0.15) is 6.04 Å². The van der Waals surface area contributed by atoms with Crippen LogP contribution in [0.3, 0.4) is 0 Å². The lowest BCUT2D eigenvalue weighted by atomic mass is 9.93. The maximum atomic E-state index is 12.5. The summed E-state index contributed by atoms with van der Waals surface area (Å²) in [5, 5.41) is 2.54. The van der Waals surface area contributed by atoms with Crippen molar-refractivity contribution in [3.05, 3.63) is 35.0 Å². The number of hydrogen-bond acceptors (Lipinski definition) is 6. The van der Waals surface area contributed by atoms with Crippen molar-refractivity contribution in [1.29, 1.82) is 0 Å². The largest absolute Gasteiger partial charge is 0.463 e. The van der Waals surface area contributed by atoms with Crippen molar-refractivity contribution in [3.63, 3.8) is 0 Å². The summed E-state index contributed by atoms with van der Waals surface area (Å²) in [4.78, 5) is 37.9. The second kappa shape index (κ2) is 6.46. The van der Waals surface area contributed by atoms with E-state index in [1.54, 1.807) is 32.0 Å². The number of ether oxygens (including phenoxy) is 3. The molecule has 2 heterocycles. The van der Waals surface area contributed by atoms with Crippen LogP contribution in [0.1, 0.15) is 32.4 Å². The van der Waals surface area contributed by atoms with Crippen LogP contribution in [0.25, 0.3) is 0 Å². The van der Waals surface area contributed by atoms with Crippen LogP contribution in [0, 0.1) is 0 Å². The zero-order valence-corrected chi connectivity index (χ0v) is 14.1. The zero-order valence-electron chi connectivity index (χ0n) is 14.1. The number of fused-ring (bicyclic) bond motifs is 1. The Balaban J connectivity index is 2.14. The summed E-state index contributed by atoms with van der Waals surface area (Å²) in [6.07, 6.45) is 0. The summed E-state index contributed by atoms with van der Waals surface area (Å²) >= 11 is 0. The Morgan fingerprint density at radius 1 is 1.32 bits per heavy atom. The Bertz CT molecular complexity index is 785. The first-order chi connectivity index (χ1) is 11.9. The molecule has 8 nitrogen and oxygen atoms in total. The molecule has 0 aliphatic carbocycles. The molecule has 8 heteroatoms. The Labute approximate surface area is 144 Å². The van der Waals surface area contributed by atoms with E-state index in [-0.39, 0.29) is 19.0 Å². The fraction of sp³-hybridized carbons (Fsp3) is 0.353. The predicted molar refractivity (Wildman–Crippen MR) is 85.7 cm³/mol. The molecular formula is C17H18N2O6. The molecule has 0 spiro atoms. The quantitative estimate of drug-likeness (QED) is 0.840. The van der Waals surface area contributed by atoms with Crippen LogP contribution < -0.4 is 14.8 Å². The van der Waals surface area contributed by atoms with E-state index in [0.29, 0.717) is 22.8 Å². The van der Waals surface area contributed by atoms with Crippen LogP contribution >= 0.6 is 0 Å². The molecule has 1 atom stereocenters. The zero-order chi connectivity index (χ0) is 18.1. The number of hydrogen-bond donors (Lipinski definition) is 1. The second-order valence-electron chi connectivity index (χ2n) is 5.59. The number of carbonyl (C=O) groups is 3. The van der Waals surface area contributed by atoms with Gasteiger partial charge in [-0.05, 0) is 31.5 Å². The van der Waals surface area contributed by atoms with Crippen molar-refractivity contribution in [1.82, 2.24) is 10.2 Å². The summed E-state index contributed by atoms with van der Waals surface area (Å²) < 4.78 is 15.8. The smallest absolute Gasteiger partial charge is 0.338 e. The van der Waals surface area contributed by atoms with Crippen LogP contribution in [0.15, 0.2) is 29.5 Å². The normalized spacial score (nSPS) is 18.9. The van der Waals surface area contributed by atoms with Crippen LogP contribution in [0.5, 0.6) is 11.5 Å². The van der Waals surface area contributed by atoms with Gasteiger partial charge in [-0.3, -0.25) is 9.69 Å². The van der Waals surface area contributed by atoms with Gasteiger partial charge in [0.05, 0.1) is 12.2 Å². The first-order valence-corrected chi connectivity index (χ1v) is 7.82. The van der Waals surface area contributed by atoms with Crippen molar-refractivity contribution >= 4 is 17.9 Å². The number of nitrogens with zero attached hydrogens (tertiary/aromatic N) is 1. The molecular weight excluding hydrogens is 328 g/mol. The van der Waals surface area contributed by atoms with Gasteiger partial charge in [-0.25, -0.2) is 9.59 Å². The molecule has 0 radical (unpaired) electrons. The summed E-state index contributed by atoms with van der Waals surface area (Å²) in [5.74, 6) is -0.0204. The van der Waals surface area contributed by atoms with E-state index in [0.717, 1.165) is 4.90 Å². The maximum Gasteiger partial charge on any atom is 0.338 e. The lowest BCUT2D eigenvalue weighted by Crippen LogP contribution is -2.50. The van der Waals surface area contributed by atoms with Gasteiger partial charge in [0, 0.05) is 12.6 Å². The fourth-order valence-corrected chi connectivity index (χ4v) is 2.94. The molecule has 3 amide bonds. The number of allylic oxidation sites excluding steroid dienone is 1. The SMILES string of the molecule is CCOC(=O)C1=C(C)NC(=O)N(C(C)=O)C1c1ccc2c(c1)OCO2. The van der Waals surface area contributed by atoms with E-state index < -0.39 is 23.9 Å². The van der Waals surface area contributed by atoms with Crippen molar-refractivity contribution in [2.24, 2.45) is 0 Å². The molecule has 0 saturated heterocycles. The third-order valence-corrected chi connectivity index (χ3v) is 4.00. The highest BCUT2D eigenvalue weighted by Gasteiger charge is 2.41. The predicted octanol–water partition coefficient (Wildman–Crippen LogP) is 1.87. The number of rotatable bonds is 3. The maximum absolute atomic E-state index is 12.5. The Morgan fingerprint density at radius 3 is 2.72 bits per heavy atom. The van der Waals surface area contributed by atoms with Crippen molar-refractivity contribution in [3.8, 4) is 11.5 Å². The standard InChI is InChI=1S/C17H18N2O6/c1-4-23-16(21)14-9(2)18-17(22)19(10(3)20)15(14)11-5-6-12-13(7-11)25-8-24-12/h5-7,15H,4,8H2,1-3H3,(H,18,22). The molecule has 0 saturated carbocycles. The average Bonchev–Trinajstić information content (AvgIpc) is 3.01. The second-order valence-corrected chi connectivity index (χ2v) is 5.59. The van der Waals surface area contributed by atoms with Gasteiger partial charge in [0.25, 0.3) is 0 Å². The molecule has 132 valence electrons. The number of urea groups is 1. The Morgan fingerprint density at radius 2 is 2.04 bits per heavy atom. The number of imide groups is 1. The van der Waals surface area contributed by atoms with E-state index in [2.05, 4.69) is 5.32 Å². The molecule has 0 aromatic heterocycles. The molecule has 0 fully saturated rings. The van der Waals surface area contributed by atoms with E-state index in [1.807, 2.05) is 0 Å². The van der Waals surface area contributed by atoms with E-state index in [1.165, 1.54) is 6.92 Å². The number of nitrogens with one attached hydrogen (secondary N) is 1. The van der Waals surface area contributed by atoms with Crippen molar-refractivity contribution in [2.45, 2.75) is 26.8 Å². The van der Waals surface area contributed by atoms with Crippen LogP contribution in [0.2, 0.25) is 0 Å². The third kappa shape index (κ3) is 2.90. The Hall–Kier alpha value is -3.03. The lowest BCUT2D eigenvalue weighted by Gasteiger charge is -2.35. The minimum atomic E-state index is -0.903. The molecule has 1 N–H and O–H groups in total. The van der Waals surface area contributed by atoms with Crippen molar-refractivity contribution < 1.29 is 28.6 Å². The van der Waals surface area contributed by atoms with Crippen LogP contribution in [-0.2, 0) is 14.3 Å². The van der Waals surface area contributed by atoms with Gasteiger partial charge < -0.3 is 19.5 Å². The first kappa shape index (κ1) is 16.8. The fourth-order valence-electron chi connectivity index (χ4n) is 2.94. The van der Waals surface area contributed by atoms with Gasteiger partial charge in [0.15, 0.2) is 11.5 Å². The lowest BCUT2D eigenvalue weighted by molar-refractivity contribution is -0.139. The molecule has 3 rings (SSSR count). The first-order valence-electron chi connectivity index (χ1n) is 7.82. The van der Waals surface area contributed by atoms with E-state index in [9.17, 15) is 14.4 Å². The summed E-state index contributed by atoms with van der Waals surface area (Å²) in [6, 6.07) is 3.54. The Kier molecular flexibility index (Phi) is 4.35. The van der Waals surface area contributed by atoms with Crippen LogP contribution in [0.4, 0.5) is 4.79 Å². The molecule has 1 aromatic rings. The highest BCUT2D eigenvalue weighted by atomic mass is 16.7. The highest BCUT2D eigenvalue weighted by molar-refractivity contribution is 6.01. The summed E-state index contributed by atoms with van der Waals surface area (Å²) in [6.45, 7) is 4.83. The summed E-state index contributed by atoms with van der Waals surface area (Å²) in [7, 11) is 0. The molecule has 1 aromatic carbocycles.